The summed E-state index contributed by atoms with van der Waals surface area (Å²) in [7, 11) is 2.24. The van der Waals surface area contributed by atoms with Crippen LogP contribution in [-0.4, -0.2) is 41.9 Å². The highest BCUT2D eigenvalue weighted by Crippen LogP contribution is 2.33. The Hall–Kier alpha value is -0.450. The molecule has 0 aromatic carbocycles. The Labute approximate surface area is 101 Å². The topological polar surface area (TPSA) is 20.2 Å². The Kier molecular flexibility index (Phi) is 2.96. The number of aromatic nitrogens is 1. The fraction of sp³-hybridized carbons (Fsp3) is 0.667. The average molecular weight is 237 g/mol. The summed E-state index contributed by atoms with van der Waals surface area (Å²) in [6.07, 6.45) is 3.59. The van der Waals surface area contributed by atoms with E-state index in [9.17, 15) is 0 Å². The van der Waals surface area contributed by atoms with Crippen LogP contribution in [0.4, 0.5) is 0 Å². The zero-order chi connectivity index (χ0) is 11.0. The number of aryl methyl sites for hydroxylation is 1. The number of likely N-dealkylation sites (N-methyl/N-ethyl adjacent to an activating group) is 1. The van der Waals surface area contributed by atoms with Crippen molar-refractivity contribution in [2.45, 2.75) is 24.0 Å². The van der Waals surface area contributed by atoms with Gasteiger partial charge in [0, 0.05) is 37.6 Å². The molecule has 0 bridgehead atoms. The van der Waals surface area contributed by atoms with E-state index >= 15 is 0 Å². The maximum Gasteiger partial charge on any atom is 0.0752 e. The summed E-state index contributed by atoms with van der Waals surface area (Å²) >= 11 is 1.99. The van der Waals surface area contributed by atoms with Crippen molar-refractivity contribution in [3.63, 3.8) is 0 Å². The molecule has 4 heteroatoms. The molecule has 1 N–H and O–H groups in total. The highest BCUT2D eigenvalue weighted by atomic mass is 32.2. The number of nitrogens with zero attached hydrogens (tertiary/aromatic N) is 2. The van der Waals surface area contributed by atoms with Crippen LogP contribution in [0.25, 0.3) is 0 Å². The number of hydrogen-bond donors (Lipinski definition) is 1. The number of hydrogen-bond acceptors (Lipinski definition) is 3. The average Bonchev–Trinajstić information content (AvgIpc) is 2.77. The fourth-order valence-electron chi connectivity index (χ4n) is 2.65. The molecule has 1 saturated heterocycles. The van der Waals surface area contributed by atoms with Crippen molar-refractivity contribution < 1.29 is 0 Å². The van der Waals surface area contributed by atoms with Gasteiger partial charge in [0.2, 0.25) is 0 Å². The van der Waals surface area contributed by atoms with Gasteiger partial charge in [-0.2, -0.15) is 0 Å². The van der Waals surface area contributed by atoms with Gasteiger partial charge < -0.3 is 9.88 Å². The number of fused-ring (bicyclic) bond motifs is 1. The zero-order valence-corrected chi connectivity index (χ0v) is 10.6. The molecule has 1 fully saturated rings. The van der Waals surface area contributed by atoms with Crippen LogP contribution in [0.3, 0.4) is 0 Å². The molecule has 3 heterocycles. The van der Waals surface area contributed by atoms with E-state index in [0.29, 0.717) is 6.04 Å². The van der Waals surface area contributed by atoms with E-state index in [2.05, 4.69) is 34.1 Å². The van der Waals surface area contributed by atoms with E-state index in [4.69, 9.17) is 0 Å². The largest absolute Gasteiger partial charge is 0.342 e. The standard InChI is InChI=1S/C12H19N3S/c1-14-5-4-13-3-2-11(14)10-8-12-15(9-10)6-7-16-12/h8-9,11,13H,2-7H2,1H3. The number of rotatable bonds is 1. The smallest absolute Gasteiger partial charge is 0.0752 e. The van der Waals surface area contributed by atoms with Crippen molar-refractivity contribution in [3.8, 4) is 0 Å². The van der Waals surface area contributed by atoms with Gasteiger partial charge >= 0.3 is 0 Å². The molecular weight excluding hydrogens is 218 g/mol. The second kappa shape index (κ2) is 4.43. The molecule has 0 radical (unpaired) electrons. The molecule has 88 valence electrons. The molecule has 3 nitrogen and oxygen atoms in total. The Morgan fingerprint density at radius 3 is 3.19 bits per heavy atom. The van der Waals surface area contributed by atoms with E-state index in [1.165, 1.54) is 29.3 Å². The molecule has 0 saturated carbocycles. The Balaban J connectivity index is 1.83. The molecule has 2 aliphatic heterocycles. The highest BCUT2D eigenvalue weighted by molar-refractivity contribution is 7.99. The summed E-state index contributed by atoms with van der Waals surface area (Å²) < 4.78 is 2.41. The molecule has 0 amide bonds. The van der Waals surface area contributed by atoms with E-state index in [-0.39, 0.29) is 0 Å². The molecule has 1 aromatic rings. The van der Waals surface area contributed by atoms with Crippen LogP contribution < -0.4 is 5.32 Å². The van der Waals surface area contributed by atoms with E-state index in [1.807, 2.05) is 11.8 Å². The highest BCUT2D eigenvalue weighted by Gasteiger charge is 2.22. The van der Waals surface area contributed by atoms with Crippen LogP contribution in [0.1, 0.15) is 18.0 Å². The van der Waals surface area contributed by atoms with Gasteiger partial charge in [0.15, 0.2) is 0 Å². The van der Waals surface area contributed by atoms with Crippen LogP contribution in [0.2, 0.25) is 0 Å². The van der Waals surface area contributed by atoms with E-state index in [1.54, 1.807) is 0 Å². The van der Waals surface area contributed by atoms with Crippen LogP contribution in [0.15, 0.2) is 17.3 Å². The quantitative estimate of drug-likeness (QED) is 0.800. The second-order valence-electron chi connectivity index (χ2n) is 4.69. The summed E-state index contributed by atoms with van der Waals surface area (Å²) in [5, 5.41) is 4.93. The maximum absolute atomic E-state index is 3.47. The van der Waals surface area contributed by atoms with Crippen molar-refractivity contribution in [1.82, 2.24) is 14.8 Å². The van der Waals surface area contributed by atoms with Gasteiger partial charge in [-0.1, -0.05) is 0 Å². The lowest BCUT2D eigenvalue weighted by Crippen LogP contribution is -2.26. The Morgan fingerprint density at radius 2 is 2.31 bits per heavy atom. The second-order valence-corrected chi connectivity index (χ2v) is 5.80. The number of thioether (sulfide) groups is 1. The predicted octanol–water partition coefficient (Wildman–Crippen LogP) is 1.56. The summed E-state index contributed by atoms with van der Waals surface area (Å²) in [5.74, 6) is 1.25. The summed E-state index contributed by atoms with van der Waals surface area (Å²) in [4.78, 5) is 2.48. The normalized spacial score (nSPS) is 26.7. The van der Waals surface area contributed by atoms with Crippen molar-refractivity contribution in [2.75, 3.05) is 32.4 Å². The van der Waals surface area contributed by atoms with Crippen molar-refractivity contribution in [3.05, 3.63) is 17.8 Å². The van der Waals surface area contributed by atoms with Gasteiger partial charge in [0.25, 0.3) is 0 Å². The lowest BCUT2D eigenvalue weighted by molar-refractivity contribution is 0.258. The van der Waals surface area contributed by atoms with Crippen LogP contribution in [0, 0.1) is 0 Å². The third-order valence-corrected chi connectivity index (χ3v) is 4.65. The molecule has 0 spiro atoms. The van der Waals surface area contributed by atoms with Crippen molar-refractivity contribution in [2.24, 2.45) is 0 Å². The Morgan fingerprint density at radius 1 is 1.38 bits per heavy atom. The van der Waals surface area contributed by atoms with Gasteiger partial charge in [-0.15, -0.1) is 11.8 Å². The lowest BCUT2D eigenvalue weighted by Gasteiger charge is -2.24. The fourth-order valence-corrected chi connectivity index (χ4v) is 3.68. The van der Waals surface area contributed by atoms with Crippen LogP contribution >= 0.6 is 11.8 Å². The van der Waals surface area contributed by atoms with Crippen LogP contribution in [-0.2, 0) is 6.54 Å². The van der Waals surface area contributed by atoms with Crippen molar-refractivity contribution in [1.29, 1.82) is 0 Å². The molecule has 1 atom stereocenters. The third kappa shape index (κ3) is 1.90. The lowest BCUT2D eigenvalue weighted by atomic mass is 10.1. The van der Waals surface area contributed by atoms with Gasteiger partial charge in [0.1, 0.15) is 0 Å². The molecule has 3 rings (SSSR count). The first-order valence-electron chi connectivity index (χ1n) is 6.08. The first-order valence-corrected chi connectivity index (χ1v) is 7.07. The summed E-state index contributed by atoms with van der Waals surface area (Å²) in [5.41, 5.74) is 1.51. The Bertz CT molecular complexity index is 353. The van der Waals surface area contributed by atoms with Crippen molar-refractivity contribution >= 4 is 11.8 Å². The predicted molar refractivity (Wildman–Crippen MR) is 68.0 cm³/mol. The minimum atomic E-state index is 0.605. The van der Waals surface area contributed by atoms with Gasteiger partial charge in [-0.3, -0.25) is 4.90 Å². The molecular formula is C12H19N3S. The molecule has 1 aromatic heterocycles. The van der Waals surface area contributed by atoms with Crippen LogP contribution in [0.5, 0.6) is 0 Å². The monoisotopic (exact) mass is 237 g/mol. The first-order chi connectivity index (χ1) is 7.84. The first kappa shape index (κ1) is 10.7. The number of nitrogens with one attached hydrogen (secondary N) is 1. The summed E-state index contributed by atoms with van der Waals surface area (Å²) in [6, 6.07) is 3.00. The van der Waals surface area contributed by atoms with Gasteiger partial charge in [0.05, 0.1) is 5.03 Å². The van der Waals surface area contributed by atoms with Gasteiger partial charge in [-0.05, 0) is 31.6 Å². The minimum absolute atomic E-state index is 0.605. The molecule has 2 aliphatic rings. The SMILES string of the molecule is CN1CCNCCC1c1cc2n(c1)CCS2. The van der Waals surface area contributed by atoms with E-state index in [0.717, 1.165) is 19.6 Å². The molecule has 1 unspecified atom stereocenters. The zero-order valence-electron chi connectivity index (χ0n) is 9.78. The van der Waals surface area contributed by atoms with E-state index < -0.39 is 0 Å². The maximum atomic E-state index is 3.47. The minimum Gasteiger partial charge on any atom is -0.342 e. The molecule has 0 aliphatic carbocycles. The van der Waals surface area contributed by atoms with Gasteiger partial charge in [-0.25, -0.2) is 0 Å². The molecule has 16 heavy (non-hydrogen) atoms. The third-order valence-electron chi connectivity index (χ3n) is 3.61. The summed E-state index contributed by atoms with van der Waals surface area (Å²) in [6.45, 7) is 4.60.